The molecule has 0 saturated carbocycles. The minimum atomic E-state index is -0.471. The molecule has 2 N–H and O–H groups in total. The molecule has 300 valence electrons. The van der Waals surface area contributed by atoms with Gasteiger partial charge in [-0.2, -0.15) is 0 Å². The molecule has 0 saturated heterocycles. The van der Waals surface area contributed by atoms with E-state index in [1.54, 1.807) is 56.9 Å². The Balaban J connectivity index is 0.000000295. The van der Waals surface area contributed by atoms with Gasteiger partial charge in [0.25, 0.3) is 0 Å². The number of rotatable bonds is 16. The van der Waals surface area contributed by atoms with Crippen LogP contribution in [0.2, 0.25) is 0 Å². The van der Waals surface area contributed by atoms with Gasteiger partial charge >= 0.3 is 5.97 Å². The monoisotopic (exact) mass is 749 g/mol. The number of ether oxygens (including phenoxy) is 11. The maximum Gasteiger partial charge on any atom is 0.306 e. The zero-order valence-electron chi connectivity index (χ0n) is 33.7. The van der Waals surface area contributed by atoms with E-state index in [1.165, 1.54) is 0 Å². The van der Waals surface area contributed by atoms with E-state index >= 15 is 0 Å². The Morgan fingerprint density at radius 3 is 1.47 bits per heavy atom. The van der Waals surface area contributed by atoms with Gasteiger partial charge in [-0.25, -0.2) is 0 Å². The maximum absolute atomic E-state index is 12.2. The average Bonchev–Trinajstić information content (AvgIpc) is 3.44. The standard InChI is InChI=1S/C23H36O7.C17H27NO5/c1-23(2,3)30-20(24)11-9-15-8-10-16-17(18(12-15)29-14-25-4)13-19(26-5)22(28-7)21(16)27-6;1-19-10-23-14-7-11(9-18)5-6-12-13(14)8-15(20-2)17(22-4)16(12)21-3/h13,15,18H,8-12,14H2,1-7H3;8,11,14H,5-7,9-10,18H2,1-4H3/t15-,18?;11-,14?/m01/s1. The molecule has 2 unspecified atom stereocenters. The van der Waals surface area contributed by atoms with E-state index in [9.17, 15) is 4.79 Å². The zero-order chi connectivity index (χ0) is 39.1. The second-order valence-electron chi connectivity index (χ2n) is 14.2. The lowest BCUT2D eigenvalue weighted by atomic mass is 9.93. The Bertz CT molecular complexity index is 1440. The Kier molecular flexibility index (Phi) is 17.7. The number of hydrogen-bond donors (Lipinski definition) is 1. The molecule has 0 spiro atoms. The second kappa shape index (κ2) is 21.4. The van der Waals surface area contributed by atoms with Crippen molar-refractivity contribution >= 4 is 5.97 Å². The molecule has 0 radical (unpaired) electrons. The van der Waals surface area contributed by atoms with Crippen LogP contribution < -0.4 is 34.2 Å². The van der Waals surface area contributed by atoms with E-state index in [0.29, 0.717) is 59.3 Å². The van der Waals surface area contributed by atoms with Crippen molar-refractivity contribution in [2.24, 2.45) is 17.6 Å². The van der Waals surface area contributed by atoms with Crippen LogP contribution in [0.1, 0.15) is 93.8 Å². The number of benzene rings is 2. The van der Waals surface area contributed by atoms with Crippen LogP contribution in [-0.4, -0.2) is 88.6 Å². The van der Waals surface area contributed by atoms with E-state index in [1.807, 2.05) is 32.9 Å². The Labute approximate surface area is 315 Å². The van der Waals surface area contributed by atoms with Gasteiger partial charge in [-0.1, -0.05) is 0 Å². The molecule has 4 rings (SSSR count). The van der Waals surface area contributed by atoms with E-state index in [4.69, 9.17) is 57.8 Å². The predicted octanol–water partition coefficient (Wildman–Crippen LogP) is 6.73. The van der Waals surface area contributed by atoms with E-state index in [2.05, 4.69) is 0 Å². The summed E-state index contributed by atoms with van der Waals surface area (Å²) in [6.07, 6.45) is 6.03. The molecule has 2 aliphatic carbocycles. The van der Waals surface area contributed by atoms with Crippen molar-refractivity contribution in [1.29, 1.82) is 0 Å². The van der Waals surface area contributed by atoms with Crippen LogP contribution in [0.15, 0.2) is 12.1 Å². The Morgan fingerprint density at radius 1 is 0.660 bits per heavy atom. The molecule has 53 heavy (non-hydrogen) atoms. The molecule has 0 heterocycles. The number of nitrogens with two attached hydrogens (primary N) is 1. The van der Waals surface area contributed by atoms with E-state index < -0.39 is 5.60 Å². The number of carbonyl (C=O) groups is 1. The Hall–Kier alpha value is -3.49. The highest BCUT2D eigenvalue weighted by Gasteiger charge is 2.33. The molecule has 0 aromatic heterocycles. The molecule has 0 bridgehead atoms. The summed E-state index contributed by atoms with van der Waals surface area (Å²) in [5.74, 6) is 4.35. The van der Waals surface area contributed by atoms with Gasteiger partial charge in [0, 0.05) is 31.8 Å². The van der Waals surface area contributed by atoms with Gasteiger partial charge in [0.15, 0.2) is 23.0 Å². The van der Waals surface area contributed by atoms with Crippen LogP contribution in [-0.2, 0) is 41.3 Å². The van der Waals surface area contributed by atoms with Crippen molar-refractivity contribution in [2.45, 2.75) is 89.9 Å². The predicted molar refractivity (Wildman–Crippen MR) is 201 cm³/mol. The average molecular weight is 750 g/mol. The normalized spacial score (nSPS) is 19.6. The lowest BCUT2D eigenvalue weighted by Gasteiger charge is -2.24. The van der Waals surface area contributed by atoms with Gasteiger partial charge in [-0.05, 0) is 107 Å². The fourth-order valence-electron chi connectivity index (χ4n) is 7.16. The molecular formula is C40H63NO12. The molecule has 2 aliphatic rings. The lowest BCUT2D eigenvalue weighted by molar-refractivity contribution is -0.155. The fraction of sp³-hybridized carbons (Fsp3) is 0.675. The maximum atomic E-state index is 12.2. The molecule has 0 aliphatic heterocycles. The summed E-state index contributed by atoms with van der Waals surface area (Å²) < 4.78 is 61.1. The highest BCUT2D eigenvalue weighted by Crippen LogP contribution is 2.49. The quantitative estimate of drug-likeness (QED) is 0.110. The van der Waals surface area contributed by atoms with Gasteiger partial charge in [0.05, 0.1) is 54.9 Å². The number of methoxy groups -OCH3 is 8. The first-order valence-electron chi connectivity index (χ1n) is 18.2. The third-order valence-corrected chi connectivity index (χ3v) is 9.61. The molecule has 13 heteroatoms. The van der Waals surface area contributed by atoms with Crippen LogP contribution in [0.3, 0.4) is 0 Å². The first-order chi connectivity index (χ1) is 25.4. The number of hydrogen-bond acceptors (Lipinski definition) is 13. The summed E-state index contributed by atoms with van der Waals surface area (Å²) in [4.78, 5) is 12.2. The summed E-state index contributed by atoms with van der Waals surface area (Å²) in [7, 11) is 12.9. The van der Waals surface area contributed by atoms with Crippen molar-refractivity contribution in [1.82, 2.24) is 0 Å². The molecule has 2 aromatic carbocycles. The van der Waals surface area contributed by atoms with Crippen LogP contribution in [0.25, 0.3) is 0 Å². The highest BCUT2D eigenvalue weighted by atomic mass is 16.7. The molecule has 4 atom stereocenters. The molecule has 2 aromatic rings. The van der Waals surface area contributed by atoms with Crippen molar-refractivity contribution < 1.29 is 56.9 Å². The van der Waals surface area contributed by atoms with Crippen molar-refractivity contribution in [3.8, 4) is 34.5 Å². The Morgan fingerprint density at radius 2 is 1.09 bits per heavy atom. The lowest BCUT2D eigenvalue weighted by Crippen LogP contribution is -2.24. The summed E-state index contributed by atoms with van der Waals surface area (Å²) >= 11 is 0. The molecule has 0 amide bonds. The topological polar surface area (TPSA) is 145 Å². The first kappa shape index (κ1) is 43.9. The van der Waals surface area contributed by atoms with Gasteiger partial charge in [-0.3, -0.25) is 4.79 Å². The second-order valence-corrected chi connectivity index (χ2v) is 14.2. The van der Waals surface area contributed by atoms with Crippen molar-refractivity contribution in [3.05, 3.63) is 34.4 Å². The van der Waals surface area contributed by atoms with Crippen molar-refractivity contribution in [2.75, 3.05) is 77.0 Å². The van der Waals surface area contributed by atoms with Crippen LogP contribution in [0.5, 0.6) is 34.5 Å². The third kappa shape index (κ3) is 11.7. The van der Waals surface area contributed by atoms with Crippen LogP contribution >= 0.6 is 0 Å². The number of fused-ring (bicyclic) bond motifs is 2. The molecular weight excluding hydrogens is 686 g/mol. The van der Waals surface area contributed by atoms with Crippen molar-refractivity contribution in [3.63, 3.8) is 0 Å². The van der Waals surface area contributed by atoms with Crippen LogP contribution in [0.4, 0.5) is 0 Å². The molecule has 13 nitrogen and oxygen atoms in total. The largest absolute Gasteiger partial charge is 0.493 e. The summed E-state index contributed by atoms with van der Waals surface area (Å²) in [5, 5.41) is 0. The third-order valence-electron chi connectivity index (χ3n) is 9.61. The molecule has 0 fully saturated rings. The van der Waals surface area contributed by atoms with Gasteiger partial charge < -0.3 is 57.8 Å². The first-order valence-corrected chi connectivity index (χ1v) is 18.2. The summed E-state index contributed by atoms with van der Waals surface area (Å²) in [6.45, 7) is 6.70. The SMILES string of the molecule is COCOC1C[C@H](CCC(=O)OC(C)(C)C)CCc2c1cc(OC)c(OC)c2OC.COCOC1C[C@H](CN)CCc2c1cc(OC)c(OC)c2OC. The van der Waals surface area contributed by atoms with Gasteiger partial charge in [0.1, 0.15) is 19.2 Å². The zero-order valence-corrected chi connectivity index (χ0v) is 33.7. The van der Waals surface area contributed by atoms with Gasteiger partial charge in [-0.15, -0.1) is 0 Å². The van der Waals surface area contributed by atoms with Gasteiger partial charge in [0.2, 0.25) is 11.5 Å². The summed E-state index contributed by atoms with van der Waals surface area (Å²) in [6, 6.07) is 3.95. The highest BCUT2D eigenvalue weighted by molar-refractivity contribution is 5.69. The minimum Gasteiger partial charge on any atom is -0.493 e. The number of carbonyl (C=O) groups excluding carboxylic acids is 1. The minimum absolute atomic E-state index is 0.102. The van der Waals surface area contributed by atoms with E-state index in [0.717, 1.165) is 67.2 Å². The van der Waals surface area contributed by atoms with Crippen LogP contribution in [0, 0.1) is 11.8 Å². The fourth-order valence-corrected chi connectivity index (χ4v) is 7.16. The summed E-state index contributed by atoms with van der Waals surface area (Å²) in [5.41, 5.74) is 9.67. The van der Waals surface area contributed by atoms with E-state index in [-0.39, 0.29) is 31.8 Å². The smallest absolute Gasteiger partial charge is 0.306 e. The number of esters is 1.